The number of hydrogen-bond donors (Lipinski definition) is 1. The van der Waals surface area contributed by atoms with Crippen LogP contribution in [0.25, 0.3) is 0 Å². The number of nitrogens with zero attached hydrogens (tertiary/aromatic N) is 2. The molecule has 2 rings (SSSR count). The van der Waals surface area contributed by atoms with Gasteiger partial charge in [0.25, 0.3) is 0 Å². The van der Waals surface area contributed by atoms with E-state index in [4.69, 9.17) is 22.7 Å². The van der Waals surface area contributed by atoms with Crippen molar-refractivity contribution >= 4 is 33.1 Å². The maximum atomic E-state index is 12.7. The predicted octanol–water partition coefficient (Wildman–Crippen LogP) is 3.68. The molecule has 2 aromatic heterocycles. The van der Waals surface area contributed by atoms with Crippen molar-refractivity contribution in [2.45, 2.75) is 6.18 Å². The van der Waals surface area contributed by atoms with Crippen LogP contribution in [0.1, 0.15) is 11.3 Å². The first-order valence-electron chi connectivity index (χ1n) is 5.44. The number of ether oxygens (including phenoxy) is 1. The third-order valence-electron chi connectivity index (χ3n) is 2.31. The smallest absolute Gasteiger partial charge is 0.433 e. The van der Waals surface area contributed by atoms with E-state index in [2.05, 4.69) is 25.9 Å². The second-order valence-corrected chi connectivity index (χ2v) is 5.21. The fourth-order valence-corrected chi connectivity index (χ4v) is 1.92. The Hall–Kier alpha value is -1.74. The summed E-state index contributed by atoms with van der Waals surface area (Å²) in [6.07, 6.45) is -1.76. The van der Waals surface area contributed by atoms with E-state index in [0.29, 0.717) is 4.47 Å². The molecule has 2 aromatic rings. The lowest BCUT2D eigenvalue weighted by Gasteiger charge is -2.12. The average molecular weight is 378 g/mol. The zero-order valence-electron chi connectivity index (χ0n) is 10.2. The summed E-state index contributed by atoms with van der Waals surface area (Å²) in [6, 6.07) is 3.44. The average Bonchev–Trinajstić information content (AvgIpc) is 2.37. The number of aromatic nitrogens is 2. The molecule has 0 saturated carbocycles. The molecule has 0 amide bonds. The van der Waals surface area contributed by atoms with Crippen molar-refractivity contribution in [3.8, 4) is 11.6 Å². The lowest BCUT2D eigenvalue weighted by molar-refractivity contribution is -0.141. The van der Waals surface area contributed by atoms with Gasteiger partial charge in [0.1, 0.15) is 16.4 Å². The van der Waals surface area contributed by atoms with Crippen molar-refractivity contribution in [1.29, 1.82) is 0 Å². The molecule has 0 atom stereocenters. The van der Waals surface area contributed by atoms with Crippen LogP contribution in [0.5, 0.6) is 11.6 Å². The quantitative estimate of drug-likeness (QED) is 0.826. The molecule has 0 radical (unpaired) electrons. The summed E-state index contributed by atoms with van der Waals surface area (Å²) in [5, 5.41) is 0. The summed E-state index contributed by atoms with van der Waals surface area (Å²) in [7, 11) is 0. The van der Waals surface area contributed by atoms with E-state index >= 15 is 0 Å². The van der Waals surface area contributed by atoms with Crippen molar-refractivity contribution in [2.24, 2.45) is 5.73 Å². The highest BCUT2D eigenvalue weighted by Gasteiger charge is 2.33. The van der Waals surface area contributed by atoms with E-state index in [9.17, 15) is 13.2 Å². The Labute approximate surface area is 131 Å². The van der Waals surface area contributed by atoms with Gasteiger partial charge >= 0.3 is 6.18 Å². The van der Waals surface area contributed by atoms with E-state index in [1.807, 2.05) is 0 Å². The van der Waals surface area contributed by atoms with Gasteiger partial charge in [-0.1, -0.05) is 12.2 Å². The van der Waals surface area contributed by atoms with Crippen LogP contribution < -0.4 is 10.5 Å². The first-order valence-corrected chi connectivity index (χ1v) is 6.64. The Morgan fingerprint density at radius 1 is 1.29 bits per heavy atom. The first kappa shape index (κ1) is 15.6. The Bertz CT molecular complexity index is 694. The molecule has 0 unspecified atom stereocenters. The Kier molecular flexibility index (Phi) is 4.43. The van der Waals surface area contributed by atoms with Gasteiger partial charge in [0.2, 0.25) is 5.88 Å². The summed E-state index contributed by atoms with van der Waals surface area (Å²) in [5.74, 6) is -0.120. The lowest BCUT2D eigenvalue weighted by atomic mass is 10.2. The minimum atomic E-state index is -4.59. The van der Waals surface area contributed by atoms with Crippen LogP contribution in [0.3, 0.4) is 0 Å². The van der Waals surface area contributed by atoms with Gasteiger partial charge in [0.05, 0.1) is 11.8 Å². The normalized spacial score (nSPS) is 11.2. The number of thiocarbonyl (C=S) groups is 1. The number of rotatable bonds is 3. The third-order valence-corrected chi connectivity index (χ3v) is 2.96. The van der Waals surface area contributed by atoms with Crippen molar-refractivity contribution in [3.05, 3.63) is 46.3 Å². The van der Waals surface area contributed by atoms with Gasteiger partial charge in [-0.25, -0.2) is 4.98 Å². The number of alkyl halides is 3. The fourth-order valence-electron chi connectivity index (χ4n) is 1.42. The largest absolute Gasteiger partial charge is 0.437 e. The van der Waals surface area contributed by atoms with Gasteiger partial charge in [-0.3, -0.25) is 4.98 Å². The van der Waals surface area contributed by atoms with Gasteiger partial charge in [-0.05, 0) is 34.1 Å². The molecule has 0 saturated heterocycles. The van der Waals surface area contributed by atoms with Gasteiger partial charge in [-0.2, -0.15) is 13.2 Å². The molecule has 0 aromatic carbocycles. The van der Waals surface area contributed by atoms with Crippen molar-refractivity contribution < 1.29 is 17.9 Å². The molecular weight excluding hydrogens is 371 g/mol. The maximum Gasteiger partial charge on any atom is 0.433 e. The van der Waals surface area contributed by atoms with Crippen LogP contribution in [-0.2, 0) is 6.18 Å². The SMILES string of the molecule is NC(=S)c1ccc(C(F)(F)F)nc1Oc1cncc(Br)c1. The summed E-state index contributed by atoms with van der Waals surface area (Å²) in [6.45, 7) is 0. The minimum absolute atomic E-state index is 0.109. The maximum absolute atomic E-state index is 12.7. The van der Waals surface area contributed by atoms with Crippen LogP contribution in [0.2, 0.25) is 0 Å². The van der Waals surface area contributed by atoms with E-state index in [1.54, 1.807) is 0 Å². The summed E-state index contributed by atoms with van der Waals surface area (Å²) in [4.78, 5) is 7.16. The molecule has 0 aliphatic rings. The predicted molar refractivity (Wildman–Crippen MR) is 77.1 cm³/mol. The van der Waals surface area contributed by atoms with Crippen LogP contribution in [0, 0.1) is 0 Å². The number of halogens is 4. The molecule has 21 heavy (non-hydrogen) atoms. The van der Waals surface area contributed by atoms with Gasteiger partial charge in [0.15, 0.2) is 0 Å². The monoisotopic (exact) mass is 377 g/mol. The highest BCUT2D eigenvalue weighted by atomic mass is 79.9. The molecule has 9 heteroatoms. The van der Waals surface area contributed by atoms with Gasteiger partial charge in [0, 0.05) is 10.7 Å². The second kappa shape index (κ2) is 5.94. The summed E-state index contributed by atoms with van der Waals surface area (Å²) in [5.41, 5.74) is 4.47. The molecule has 0 bridgehead atoms. The third kappa shape index (κ3) is 3.88. The van der Waals surface area contributed by atoms with Gasteiger partial charge in [-0.15, -0.1) is 0 Å². The highest BCUT2D eigenvalue weighted by molar-refractivity contribution is 9.10. The zero-order chi connectivity index (χ0) is 15.6. The lowest BCUT2D eigenvalue weighted by Crippen LogP contribution is -2.15. The molecule has 0 aliphatic carbocycles. The van der Waals surface area contributed by atoms with Crippen LogP contribution in [0.15, 0.2) is 35.1 Å². The number of nitrogens with two attached hydrogens (primary N) is 1. The van der Waals surface area contributed by atoms with Crippen molar-refractivity contribution in [2.75, 3.05) is 0 Å². The van der Waals surface area contributed by atoms with Crippen LogP contribution in [0.4, 0.5) is 13.2 Å². The molecule has 2 heterocycles. The van der Waals surface area contributed by atoms with Crippen LogP contribution >= 0.6 is 28.1 Å². The Balaban J connectivity index is 2.46. The van der Waals surface area contributed by atoms with E-state index < -0.39 is 11.9 Å². The van der Waals surface area contributed by atoms with E-state index in [-0.39, 0.29) is 22.2 Å². The standard InChI is InChI=1S/C12H7BrF3N3OS/c13-6-3-7(5-18-4-6)20-11-8(10(17)21)1-2-9(19-11)12(14,15)16/h1-5H,(H2,17,21). The molecule has 0 spiro atoms. The van der Waals surface area contributed by atoms with E-state index in [0.717, 1.165) is 12.1 Å². The highest BCUT2D eigenvalue weighted by Crippen LogP contribution is 2.32. The molecule has 4 nitrogen and oxygen atoms in total. The first-order chi connectivity index (χ1) is 9.77. The van der Waals surface area contributed by atoms with E-state index in [1.165, 1.54) is 18.5 Å². The zero-order valence-corrected chi connectivity index (χ0v) is 12.6. The van der Waals surface area contributed by atoms with Crippen molar-refractivity contribution in [1.82, 2.24) is 9.97 Å². The molecule has 110 valence electrons. The number of pyridine rings is 2. The fraction of sp³-hybridized carbons (Fsp3) is 0.0833. The number of hydrogen-bond acceptors (Lipinski definition) is 4. The van der Waals surface area contributed by atoms with Crippen molar-refractivity contribution in [3.63, 3.8) is 0 Å². The topological polar surface area (TPSA) is 61.0 Å². The molecular formula is C12H7BrF3N3OS. The summed E-state index contributed by atoms with van der Waals surface area (Å²) < 4.78 is 44.0. The summed E-state index contributed by atoms with van der Waals surface area (Å²) >= 11 is 7.96. The molecule has 0 fully saturated rings. The Morgan fingerprint density at radius 3 is 2.57 bits per heavy atom. The second-order valence-electron chi connectivity index (χ2n) is 3.85. The molecule has 0 aliphatic heterocycles. The van der Waals surface area contributed by atoms with Crippen LogP contribution in [-0.4, -0.2) is 15.0 Å². The Morgan fingerprint density at radius 2 is 2.00 bits per heavy atom. The minimum Gasteiger partial charge on any atom is -0.437 e. The molecule has 2 N–H and O–H groups in total. The van der Waals surface area contributed by atoms with Gasteiger partial charge < -0.3 is 10.5 Å².